The van der Waals surface area contributed by atoms with E-state index in [0.717, 1.165) is 10.2 Å². The maximum absolute atomic E-state index is 13.0. The third-order valence-electron chi connectivity index (χ3n) is 5.49. The predicted octanol–water partition coefficient (Wildman–Crippen LogP) is 5.34. The number of amides is 1. The highest BCUT2D eigenvalue weighted by Gasteiger charge is 2.17. The number of aromatic nitrogens is 1. The number of anilines is 3. The smallest absolute Gasteiger partial charge is 0.255 e. The van der Waals surface area contributed by atoms with Gasteiger partial charge >= 0.3 is 0 Å². The highest BCUT2D eigenvalue weighted by atomic mass is 32.1. The lowest BCUT2D eigenvalue weighted by Crippen LogP contribution is -2.12. The number of hydrogen-bond acceptors (Lipinski definition) is 10. The van der Waals surface area contributed by atoms with E-state index in [1.54, 1.807) is 63.8 Å². The average Bonchev–Trinajstić information content (AvgIpc) is 3.33. The van der Waals surface area contributed by atoms with E-state index in [1.807, 2.05) is 0 Å². The van der Waals surface area contributed by atoms with Gasteiger partial charge in [0.25, 0.3) is 5.91 Å². The summed E-state index contributed by atoms with van der Waals surface area (Å²) in [5.41, 5.74) is 2.45. The maximum atomic E-state index is 13.0. The fourth-order valence-electron chi connectivity index (χ4n) is 3.75. The van der Waals surface area contributed by atoms with E-state index in [0.29, 0.717) is 56.6 Å². The fourth-order valence-corrected chi connectivity index (χ4v) is 4.68. The van der Waals surface area contributed by atoms with Crippen LogP contribution < -0.4 is 39.1 Å². The van der Waals surface area contributed by atoms with Crippen molar-refractivity contribution >= 4 is 44.0 Å². The molecule has 4 aromatic rings. The molecule has 2 N–H and O–H groups in total. The zero-order chi connectivity index (χ0) is 26.5. The Hall–Kier alpha value is -4.38. The van der Waals surface area contributed by atoms with Gasteiger partial charge in [0.05, 0.1) is 52.9 Å². The Morgan fingerprint density at radius 3 is 1.70 bits per heavy atom. The number of carbonyl (C=O) groups excluding carboxylic acids is 1. The van der Waals surface area contributed by atoms with Gasteiger partial charge < -0.3 is 39.1 Å². The number of thiazole rings is 1. The van der Waals surface area contributed by atoms with Gasteiger partial charge in [0.2, 0.25) is 11.5 Å². The van der Waals surface area contributed by atoms with Gasteiger partial charge in [-0.25, -0.2) is 4.98 Å². The molecule has 37 heavy (non-hydrogen) atoms. The van der Waals surface area contributed by atoms with Crippen LogP contribution >= 0.6 is 11.3 Å². The molecule has 0 atom stereocenters. The van der Waals surface area contributed by atoms with Gasteiger partial charge in [0.1, 0.15) is 0 Å². The van der Waals surface area contributed by atoms with Crippen molar-refractivity contribution in [2.24, 2.45) is 0 Å². The molecule has 4 rings (SSSR count). The Morgan fingerprint density at radius 1 is 0.703 bits per heavy atom. The highest BCUT2D eigenvalue weighted by molar-refractivity contribution is 7.22. The van der Waals surface area contributed by atoms with Crippen molar-refractivity contribution in [3.05, 3.63) is 48.0 Å². The van der Waals surface area contributed by atoms with Crippen LogP contribution in [0.2, 0.25) is 0 Å². The van der Waals surface area contributed by atoms with Gasteiger partial charge in [0, 0.05) is 41.2 Å². The lowest BCUT2D eigenvalue weighted by Gasteiger charge is -2.14. The van der Waals surface area contributed by atoms with Crippen LogP contribution in [0.5, 0.6) is 34.5 Å². The first-order valence-corrected chi connectivity index (χ1v) is 11.8. The summed E-state index contributed by atoms with van der Waals surface area (Å²) >= 11 is 1.41. The molecule has 0 aliphatic rings. The van der Waals surface area contributed by atoms with Crippen LogP contribution in [0.3, 0.4) is 0 Å². The molecule has 11 heteroatoms. The monoisotopic (exact) mass is 525 g/mol. The number of rotatable bonds is 10. The maximum Gasteiger partial charge on any atom is 0.255 e. The van der Waals surface area contributed by atoms with Crippen molar-refractivity contribution in [2.45, 2.75) is 0 Å². The Bertz CT molecular complexity index is 1390. The molecule has 0 saturated carbocycles. The quantitative estimate of drug-likeness (QED) is 0.283. The summed E-state index contributed by atoms with van der Waals surface area (Å²) < 4.78 is 33.1. The summed E-state index contributed by atoms with van der Waals surface area (Å²) in [5.74, 6) is 2.59. The molecule has 0 fully saturated rings. The van der Waals surface area contributed by atoms with Crippen LogP contribution in [-0.4, -0.2) is 53.5 Å². The largest absolute Gasteiger partial charge is 0.493 e. The summed E-state index contributed by atoms with van der Waals surface area (Å²) in [7, 11) is 9.23. The minimum absolute atomic E-state index is 0.288. The van der Waals surface area contributed by atoms with E-state index in [2.05, 4.69) is 15.6 Å². The Morgan fingerprint density at radius 2 is 1.22 bits per heavy atom. The summed E-state index contributed by atoms with van der Waals surface area (Å²) in [6.45, 7) is 0. The summed E-state index contributed by atoms with van der Waals surface area (Å²) in [6, 6.07) is 12.2. The lowest BCUT2D eigenvalue weighted by atomic mass is 10.2. The Labute approximate surface area is 218 Å². The van der Waals surface area contributed by atoms with Crippen LogP contribution in [0.25, 0.3) is 10.2 Å². The molecule has 0 unspecified atom stereocenters. The number of ether oxygens (including phenoxy) is 6. The first-order valence-electron chi connectivity index (χ1n) is 11.0. The SMILES string of the molecule is COc1cc(NC(=O)c2ccc3nc(Nc4cc(OC)c(OC)c(OC)c4)sc3c2)cc(OC)c1OC. The lowest BCUT2D eigenvalue weighted by molar-refractivity contribution is 0.102. The molecule has 0 radical (unpaired) electrons. The summed E-state index contributed by atoms with van der Waals surface area (Å²) in [5, 5.41) is 6.80. The third kappa shape index (κ3) is 5.26. The number of hydrogen-bond donors (Lipinski definition) is 2. The molecule has 194 valence electrons. The number of methoxy groups -OCH3 is 6. The van der Waals surface area contributed by atoms with Crippen molar-refractivity contribution in [3.63, 3.8) is 0 Å². The molecule has 10 nitrogen and oxygen atoms in total. The number of benzene rings is 3. The third-order valence-corrected chi connectivity index (χ3v) is 6.42. The fraction of sp³-hybridized carbons (Fsp3) is 0.231. The van der Waals surface area contributed by atoms with Crippen molar-refractivity contribution in [3.8, 4) is 34.5 Å². The van der Waals surface area contributed by atoms with Crippen LogP contribution in [-0.2, 0) is 0 Å². The molecule has 0 aliphatic heterocycles. The molecular formula is C26H27N3O7S. The van der Waals surface area contributed by atoms with Gasteiger partial charge in [-0.3, -0.25) is 4.79 Å². The van der Waals surface area contributed by atoms with Crippen LogP contribution in [0.4, 0.5) is 16.5 Å². The topological polar surface area (TPSA) is 109 Å². The molecule has 1 heterocycles. The minimum Gasteiger partial charge on any atom is -0.493 e. The van der Waals surface area contributed by atoms with Crippen molar-refractivity contribution < 1.29 is 33.2 Å². The Balaban J connectivity index is 1.57. The highest BCUT2D eigenvalue weighted by Crippen LogP contribution is 2.42. The second kappa shape index (κ2) is 11.1. The second-order valence-electron chi connectivity index (χ2n) is 7.61. The molecule has 0 aliphatic carbocycles. The van der Waals surface area contributed by atoms with Crippen LogP contribution in [0.15, 0.2) is 42.5 Å². The Kier molecular flexibility index (Phi) is 7.73. The number of nitrogens with one attached hydrogen (secondary N) is 2. The second-order valence-corrected chi connectivity index (χ2v) is 8.64. The molecule has 0 spiro atoms. The standard InChI is InChI=1S/C26H27N3O7S/c1-31-18-10-15(11-19(32-2)23(18)35-5)27-25(30)14-7-8-17-22(9-14)37-26(29-17)28-16-12-20(33-3)24(36-6)21(13-16)34-4/h7-13H,1-6H3,(H,27,30)(H,28,29). The van der Waals surface area contributed by atoms with E-state index < -0.39 is 0 Å². The molecule has 1 aromatic heterocycles. The molecular weight excluding hydrogens is 498 g/mol. The van der Waals surface area contributed by atoms with Gasteiger partial charge in [-0.15, -0.1) is 0 Å². The predicted molar refractivity (Wildman–Crippen MR) is 143 cm³/mol. The van der Waals surface area contributed by atoms with E-state index >= 15 is 0 Å². The zero-order valence-electron chi connectivity index (χ0n) is 21.3. The molecule has 0 bridgehead atoms. The summed E-state index contributed by atoms with van der Waals surface area (Å²) in [6.07, 6.45) is 0. The zero-order valence-corrected chi connectivity index (χ0v) is 22.1. The van der Waals surface area contributed by atoms with Crippen LogP contribution in [0.1, 0.15) is 10.4 Å². The number of fused-ring (bicyclic) bond motifs is 1. The van der Waals surface area contributed by atoms with Gasteiger partial charge in [-0.1, -0.05) is 11.3 Å². The molecule has 1 amide bonds. The normalized spacial score (nSPS) is 10.5. The van der Waals surface area contributed by atoms with Crippen molar-refractivity contribution in [1.82, 2.24) is 4.98 Å². The first-order chi connectivity index (χ1) is 17.9. The minimum atomic E-state index is -0.288. The number of nitrogens with zero attached hydrogens (tertiary/aromatic N) is 1. The van der Waals surface area contributed by atoms with Gasteiger partial charge in [-0.05, 0) is 18.2 Å². The average molecular weight is 526 g/mol. The van der Waals surface area contributed by atoms with Gasteiger partial charge in [-0.2, -0.15) is 0 Å². The van der Waals surface area contributed by atoms with Crippen LogP contribution in [0, 0.1) is 0 Å². The van der Waals surface area contributed by atoms with E-state index in [-0.39, 0.29) is 5.91 Å². The number of carbonyl (C=O) groups is 1. The van der Waals surface area contributed by atoms with E-state index in [4.69, 9.17) is 28.4 Å². The van der Waals surface area contributed by atoms with Gasteiger partial charge in [0.15, 0.2) is 28.1 Å². The first kappa shape index (κ1) is 25.7. The van der Waals surface area contributed by atoms with Crippen molar-refractivity contribution in [1.29, 1.82) is 0 Å². The van der Waals surface area contributed by atoms with Crippen molar-refractivity contribution in [2.75, 3.05) is 53.3 Å². The summed E-state index contributed by atoms with van der Waals surface area (Å²) in [4.78, 5) is 17.6. The van der Waals surface area contributed by atoms with E-state index in [1.165, 1.54) is 32.7 Å². The molecule has 3 aromatic carbocycles. The molecule has 0 saturated heterocycles. The van der Waals surface area contributed by atoms with E-state index in [9.17, 15) is 4.79 Å².